The zero-order chi connectivity index (χ0) is 18.1. The van der Waals surface area contributed by atoms with Gasteiger partial charge in [-0.2, -0.15) is 5.26 Å². The summed E-state index contributed by atoms with van der Waals surface area (Å²) in [5.74, 6) is 1.41. The van der Waals surface area contributed by atoms with Gasteiger partial charge in [-0.25, -0.2) is 9.78 Å². The molecule has 3 rings (SSSR count). The van der Waals surface area contributed by atoms with Crippen molar-refractivity contribution in [1.82, 2.24) is 18.7 Å². The zero-order valence-corrected chi connectivity index (χ0v) is 14.8. The first kappa shape index (κ1) is 17.0. The summed E-state index contributed by atoms with van der Waals surface area (Å²) in [5.41, 5.74) is 1.12. The highest BCUT2D eigenvalue weighted by Gasteiger charge is 2.18. The molecule has 2 aromatic rings. The Morgan fingerprint density at radius 3 is 2.72 bits per heavy atom. The molecule has 0 unspecified atom stereocenters. The largest absolute Gasteiger partial charge is 0.370 e. The molecule has 2 aromatic heterocycles. The number of anilines is 1. The molecule has 8 heteroatoms. The van der Waals surface area contributed by atoms with E-state index < -0.39 is 11.2 Å². The molecule has 0 amide bonds. The number of imidazole rings is 1. The highest BCUT2D eigenvalue weighted by molar-refractivity contribution is 5.51. The van der Waals surface area contributed by atoms with Gasteiger partial charge in [-0.1, -0.05) is 0 Å². The Kier molecular flexibility index (Phi) is 4.49. The van der Waals surface area contributed by atoms with Gasteiger partial charge in [0.25, 0.3) is 5.56 Å². The number of aryl methyl sites for hydroxylation is 2. The molecule has 0 aromatic carbocycles. The summed E-state index contributed by atoms with van der Waals surface area (Å²) < 4.78 is 4.52. The number of hydrogen-bond donors (Lipinski definition) is 1. The molecule has 1 aliphatic rings. The van der Waals surface area contributed by atoms with Crippen LogP contribution in [0.2, 0.25) is 0 Å². The Hall–Kier alpha value is -2.82. The van der Waals surface area contributed by atoms with E-state index in [0.29, 0.717) is 13.0 Å². The van der Waals surface area contributed by atoms with Crippen LogP contribution >= 0.6 is 0 Å². The van der Waals surface area contributed by atoms with Crippen molar-refractivity contribution in [2.45, 2.75) is 39.2 Å². The molecular weight excluding hydrogens is 320 g/mol. The van der Waals surface area contributed by atoms with E-state index in [0.717, 1.165) is 35.5 Å². The molecule has 0 spiro atoms. The molecule has 8 nitrogen and oxygen atoms in total. The molecule has 0 atom stereocenters. The van der Waals surface area contributed by atoms with Crippen LogP contribution in [0.25, 0.3) is 0 Å². The van der Waals surface area contributed by atoms with Gasteiger partial charge in [0.05, 0.1) is 5.69 Å². The molecule has 0 bridgehead atoms. The van der Waals surface area contributed by atoms with E-state index >= 15 is 0 Å². The Morgan fingerprint density at radius 2 is 2.00 bits per heavy atom. The number of fused-ring (bicyclic) bond motifs is 1. The summed E-state index contributed by atoms with van der Waals surface area (Å²) >= 11 is 0. The summed E-state index contributed by atoms with van der Waals surface area (Å²) in [7, 11) is 2.92. The van der Waals surface area contributed by atoms with E-state index in [4.69, 9.17) is 0 Å². The molecule has 25 heavy (non-hydrogen) atoms. The highest BCUT2D eigenvalue weighted by atomic mass is 16.2. The van der Waals surface area contributed by atoms with Gasteiger partial charge in [0.1, 0.15) is 17.7 Å². The third-order valence-electron chi connectivity index (χ3n) is 4.81. The minimum Gasteiger partial charge on any atom is -0.370 e. The molecular formula is C17H22N6O2. The van der Waals surface area contributed by atoms with Crippen LogP contribution in [0.15, 0.2) is 9.59 Å². The monoisotopic (exact) mass is 342 g/mol. The lowest BCUT2D eigenvalue weighted by Gasteiger charge is -2.17. The van der Waals surface area contributed by atoms with Crippen LogP contribution in [0.4, 0.5) is 5.82 Å². The Labute approximate surface area is 145 Å². The summed E-state index contributed by atoms with van der Waals surface area (Å²) in [6.45, 7) is 3.51. The molecule has 0 saturated carbocycles. The SMILES string of the molecule is Cc1nc2n(c1CCNc1c(C#N)c(=O)n(C)c(=O)n1C)CCCC2. The van der Waals surface area contributed by atoms with Gasteiger partial charge in [-0.3, -0.25) is 13.9 Å². The maximum Gasteiger partial charge on any atom is 0.332 e. The van der Waals surface area contributed by atoms with E-state index in [1.165, 1.54) is 23.7 Å². The number of hydrogen-bond acceptors (Lipinski definition) is 5. The second-order valence-electron chi connectivity index (χ2n) is 6.39. The van der Waals surface area contributed by atoms with Crippen molar-refractivity contribution in [3.8, 4) is 6.07 Å². The van der Waals surface area contributed by atoms with E-state index in [-0.39, 0.29) is 11.4 Å². The summed E-state index contributed by atoms with van der Waals surface area (Å²) in [6.07, 6.45) is 4.06. The predicted molar refractivity (Wildman–Crippen MR) is 93.7 cm³/mol. The number of nitrogens with zero attached hydrogens (tertiary/aromatic N) is 5. The number of rotatable bonds is 4. The van der Waals surface area contributed by atoms with Gasteiger partial charge in [0.15, 0.2) is 5.56 Å². The van der Waals surface area contributed by atoms with E-state index in [9.17, 15) is 14.9 Å². The van der Waals surface area contributed by atoms with Crippen LogP contribution < -0.4 is 16.6 Å². The van der Waals surface area contributed by atoms with Crippen molar-refractivity contribution in [1.29, 1.82) is 5.26 Å². The van der Waals surface area contributed by atoms with Gasteiger partial charge >= 0.3 is 5.69 Å². The lowest BCUT2D eigenvalue weighted by molar-refractivity contribution is 0.508. The van der Waals surface area contributed by atoms with Gasteiger partial charge in [0, 0.05) is 45.7 Å². The van der Waals surface area contributed by atoms with Gasteiger partial charge in [-0.15, -0.1) is 0 Å². The molecule has 132 valence electrons. The van der Waals surface area contributed by atoms with Gasteiger partial charge in [-0.05, 0) is 19.8 Å². The summed E-state index contributed by atoms with van der Waals surface area (Å²) in [6, 6.07) is 1.90. The smallest absolute Gasteiger partial charge is 0.332 e. The molecule has 0 aliphatic carbocycles. The first-order valence-corrected chi connectivity index (χ1v) is 8.44. The van der Waals surface area contributed by atoms with Crippen molar-refractivity contribution >= 4 is 5.82 Å². The number of nitriles is 1. The normalized spacial score (nSPS) is 13.4. The van der Waals surface area contributed by atoms with Crippen LogP contribution in [0, 0.1) is 18.3 Å². The first-order valence-electron chi connectivity index (χ1n) is 8.44. The fraction of sp³-hybridized carbons (Fsp3) is 0.529. The summed E-state index contributed by atoms with van der Waals surface area (Å²) in [5, 5.41) is 12.4. The van der Waals surface area contributed by atoms with Gasteiger partial charge in [0.2, 0.25) is 0 Å². The minimum atomic E-state index is -0.578. The van der Waals surface area contributed by atoms with Crippen LogP contribution in [0.1, 0.15) is 35.6 Å². The summed E-state index contributed by atoms with van der Waals surface area (Å²) in [4.78, 5) is 28.8. The third kappa shape index (κ3) is 2.86. The van der Waals surface area contributed by atoms with E-state index in [1.54, 1.807) is 7.05 Å². The average Bonchev–Trinajstić information content (AvgIpc) is 2.93. The second-order valence-corrected chi connectivity index (χ2v) is 6.39. The fourth-order valence-electron chi connectivity index (χ4n) is 3.44. The van der Waals surface area contributed by atoms with Crippen LogP contribution in [0.5, 0.6) is 0 Å². The molecule has 0 fully saturated rings. The Bertz CT molecular complexity index is 973. The topological polar surface area (TPSA) is 97.6 Å². The molecule has 1 aliphatic heterocycles. The minimum absolute atomic E-state index is 0.0448. The lowest BCUT2D eigenvalue weighted by atomic mass is 10.1. The van der Waals surface area contributed by atoms with E-state index in [2.05, 4.69) is 14.9 Å². The Balaban J connectivity index is 1.85. The predicted octanol–water partition coefficient (Wildman–Crippen LogP) is 0.451. The zero-order valence-electron chi connectivity index (χ0n) is 14.8. The van der Waals surface area contributed by atoms with Crippen LogP contribution in [0.3, 0.4) is 0 Å². The lowest BCUT2D eigenvalue weighted by Crippen LogP contribution is -2.40. The van der Waals surface area contributed by atoms with Crippen molar-refractivity contribution in [2.75, 3.05) is 11.9 Å². The van der Waals surface area contributed by atoms with Crippen molar-refractivity contribution in [3.63, 3.8) is 0 Å². The van der Waals surface area contributed by atoms with E-state index in [1.807, 2.05) is 13.0 Å². The molecule has 3 heterocycles. The average molecular weight is 342 g/mol. The molecule has 0 saturated heterocycles. The quantitative estimate of drug-likeness (QED) is 0.870. The highest BCUT2D eigenvalue weighted by Crippen LogP contribution is 2.20. The maximum atomic E-state index is 12.1. The van der Waals surface area contributed by atoms with Crippen molar-refractivity contribution < 1.29 is 0 Å². The number of aromatic nitrogens is 4. The van der Waals surface area contributed by atoms with Crippen molar-refractivity contribution in [2.24, 2.45) is 14.1 Å². The first-order chi connectivity index (χ1) is 12.0. The van der Waals surface area contributed by atoms with Crippen LogP contribution in [-0.2, 0) is 33.5 Å². The molecule has 0 radical (unpaired) electrons. The number of nitrogens with one attached hydrogen (secondary N) is 1. The van der Waals surface area contributed by atoms with Crippen molar-refractivity contribution in [3.05, 3.63) is 43.6 Å². The van der Waals surface area contributed by atoms with Gasteiger partial charge < -0.3 is 9.88 Å². The second kappa shape index (κ2) is 6.59. The molecule has 1 N–H and O–H groups in total. The fourth-order valence-corrected chi connectivity index (χ4v) is 3.44. The third-order valence-corrected chi connectivity index (χ3v) is 4.81. The van der Waals surface area contributed by atoms with Crippen LogP contribution in [-0.4, -0.2) is 25.2 Å². The standard InChI is InChI=1S/C17H22N6O2/c1-11-13(23-9-5-4-6-14(23)20-11)7-8-19-15-12(10-18)16(24)22(3)17(25)21(15)2/h19H,4-9H2,1-3H3. The Morgan fingerprint density at radius 1 is 1.24 bits per heavy atom. The maximum absolute atomic E-state index is 12.1.